The number of allylic oxidation sites excluding steroid dienone is 1. The first-order valence-corrected chi connectivity index (χ1v) is 10.2. The summed E-state index contributed by atoms with van der Waals surface area (Å²) in [6.07, 6.45) is 7.37. The molecule has 0 radical (unpaired) electrons. The van der Waals surface area contributed by atoms with Gasteiger partial charge in [-0.3, -0.25) is 19.7 Å². The molecule has 162 valence electrons. The summed E-state index contributed by atoms with van der Waals surface area (Å²) in [5.74, 6) is -1.65. The Bertz CT molecular complexity index is 776. The summed E-state index contributed by atoms with van der Waals surface area (Å²) >= 11 is 0. The number of esters is 1. The normalized spacial score (nSPS) is 14.1. The van der Waals surface area contributed by atoms with E-state index in [-0.39, 0.29) is 12.3 Å². The Hall–Kier alpha value is -3.16. The lowest BCUT2D eigenvalue weighted by atomic mass is 9.97. The average molecular weight is 415 g/mol. The van der Waals surface area contributed by atoms with Crippen LogP contribution in [0.4, 0.5) is 4.79 Å². The van der Waals surface area contributed by atoms with E-state index in [0.29, 0.717) is 6.54 Å². The van der Waals surface area contributed by atoms with E-state index in [0.717, 1.165) is 24.8 Å². The highest BCUT2D eigenvalue weighted by Gasteiger charge is 2.19. The van der Waals surface area contributed by atoms with Crippen LogP contribution in [0.2, 0.25) is 0 Å². The second-order valence-electron chi connectivity index (χ2n) is 7.19. The van der Waals surface area contributed by atoms with Crippen molar-refractivity contribution in [1.29, 1.82) is 0 Å². The van der Waals surface area contributed by atoms with Gasteiger partial charge in [-0.1, -0.05) is 42.0 Å². The molecule has 0 spiro atoms. The minimum absolute atomic E-state index is 0.127. The minimum atomic E-state index is -0.714. The number of carbonyl (C=O) groups excluding carboxylic acids is 4. The molecule has 0 aliphatic heterocycles. The number of amides is 4. The summed E-state index contributed by atoms with van der Waals surface area (Å²) in [5, 5.41) is 7.45. The molecule has 1 aliphatic carbocycles. The Balaban J connectivity index is 1.69. The number of hydrogen-bond donors (Lipinski definition) is 3. The lowest BCUT2D eigenvalue weighted by Gasteiger charge is -2.17. The molecule has 30 heavy (non-hydrogen) atoms. The molecule has 1 aromatic carbocycles. The minimum Gasteiger partial charge on any atom is -0.455 e. The van der Waals surface area contributed by atoms with Gasteiger partial charge in [-0.15, -0.1) is 0 Å². The zero-order chi connectivity index (χ0) is 21.8. The molecule has 0 fully saturated rings. The highest BCUT2D eigenvalue weighted by Crippen LogP contribution is 2.19. The smallest absolute Gasteiger partial charge is 0.321 e. The fourth-order valence-electron chi connectivity index (χ4n) is 3.23. The Morgan fingerprint density at radius 3 is 2.53 bits per heavy atom. The maximum Gasteiger partial charge on any atom is 0.321 e. The van der Waals surface area contributed by atoms with Gasteiger partial charge in [0.05, 0.1) is 12.5 Å². The van der Waals surface area contributed by atoms with Gasteiger partial charge in [0.2, 0.25) is 5.91 Å². The Morgan fingerprint density at radius 2 is 1.87 bits per heavy atom. The summed E-state index contributed by atoms with van der Waals surface area (Å²) in [6, 6.07) is 7.82. The highest BCUT2D eigenvalue weighted by atomic mass is 16.5. The van der Waals surface area contributed by atoms with Crippen LogP contribution in [0.3, 0.4) is 0 Å². The number of urea groups is 1. The van der Waals surface area contributed by atoms with E-state index in [1.165, 1.54) is 25.3 Å². The van der Waals surface area contributed by atoms with Crippen LogP contribution in [-0.2, 0) is 19.1 Å². The van der Waals surface area contributed by atoms with Gasteiger partial charge in [0.15, 0.2) is 6.61 Å². The molecule has 0 bridgehead atoms. The topological polar surface area (TPSA) is 114 Å². The summed E-state index contributed by atoms with van der Waals surface area (Å²) in [6.45, 7) is 1.23. The third kappa shape index (κ3) is 8.89. The molecule has 0 saturated heterocycles. The molecule has 0 saturated carbocycles. The molecule has 1 aromatic rings. The fraction of sp³-hybridized carbons (Fsp3) is 0.455. The standard InChI is InChI=1S/C22H29N3O5/c1-16(26)24-19(18-10-6-3-7-11-18)14-21(28)30-15-20(27)25-22(29)23-13-12-17-8-4-2-5-9-17/h3,6-8,10-11,19H,2,4-5,9,12-15H2,1H3,(H,24,26)(H2,23,25,27,29)/t19-/m0/s1. The molecular formula is C22H29N3O5. The number of ether oxygens (including phenoxy) is 1. The van der Waals surface area contributed by atoms with E-state index >= 15 is 0 Å². The van der Waals surface area contributed by atoms with Crippen LogP contribution >= 0.6 is 0 Å². The maximum absolute atomic E-state index is 12.1. The average Bonchev–Trinajstić information content (AvgIpc) is 2.73. The zero-order valence-electron chi connectivity index (χ0n) is 17.2. The van der Waals surface area contributed by atoms with E-state index in [2.05, 4.69) is 22.0 Å². The molecule has 1 aliphatic rings. The van der Waals surface area contributed by atoms with Crippen molar-refractivity contribution < 1.29 is 23.9 Å². The van der Waals surface area contributed by atoms with Crippen molar-refractivity contribution in [3.63, 3.8) is 0 Å². The molecule has 0 aromatic heterocycles. The molecule has 8 nitrogen and oxygen atoms in total. The van der Waals surface area contributed by atoms with Gasteiger partial charge < -0.3 is 15.4 Å². The summed E-state index contributed by atoms with van der Waals surface area (Å²) in [4.78, 5) is 47.1. The van der Waals surface area contributed by atoms with E-state index in [9.17, 15) is 19.2 Å². The van der Waals surface area contributed by atoms with Crippen LogP contribution in [0.25, 0.3) is 0 Å². The third-order valence-electron chi connectivity index (χ3n) is 4.68. The van der Waals surface area contributed by atoms with Gasteiger partial charge in [-0.25, -0.2) is 4.79 Å². The van der Waals surface area contributed by atoms with E-state index in [1.54, 1.807) is 24.3 Å². The lowest BCUT2D eigenvalue weighted by Crippen LogP contribution is -2.42. The predicted molar refractivity (Wildman–Crippen MR) is 111 cm³/mol. The first kappa shape index (κ1) is 23.1. The third-order valence-corrected chi connectivity index (χ3v) is 4.68. The van der Waals surface area contributed by atoms with Crippen molar-refractivity contribution in [2.24, 2.45) is 0 Å². The highest BCUT2D eigenvalue weighted by molar-refractivity contribution is 5.95. The van der Waals surface area contributed by atoms with Crippen LogP contribution in [0, 0.1) is 0 Å². The number of hydrogen-bond acceptors (Lipinski definition) is 5. The SMILES string of the molecule is CC(=O)N[C@@H](CC(=O)OCC(=O)NC(=O)NCCC1=CCCCC1)c1ccccc1. The molecule has 0 heterocycles. The van der Waals surface area contributed by atoms with Gasteiger partial charge in [0, 0.05) is 13.5 Å². The van der Waals surface area contributed by atoms with Crippen LogP contribution in [0.15, 0.2) is 42.0 Å². The van der Waals surface area contributed by atoms with E-state index in [1.807, 2.05) is 6.07 Å². The van der Waals surface area contributed by atoms with Crippen molar-refractivity contribution in [2.75, 3.05) is 13.2 Å². The summed E-state index contributed by atoms with van der Waals surface area (Å²) in [7, 11) is 0. The second kappa shape index (κ2) is 12.4. The van der Waals surface area contributed by atoms with E-state index in [4.69, 9.17) is 4.74 Å². The van der Waals surface area contributed by atoms with E-state index < -0.39 is 30.6 Å². The Morgan fingerprint density at radius 1 is 1.10 bits per heavy atom. The zero-order valence-corrected chi connectivity index (χ0v) is 17.2. The molecule has 0 unspecified atom stereocenters. The molecule has 1 atom stereocenters. The largest absolute Gasteiger partial charge is 0.455 e. The monoisotopic (exact) mass is 415 g/mol. The van der Waals surface area contributed by atoms with Crippen LogP contribution in [0.1, 0.15) is 57.1 Å². The lowest BCUT2D eigenvalue weighted by molar-refractivity contribution is -0.148. The van der Waals surface area contributed by atoms with Crippen molar-refractivity contribution in [3.05, 3.63) is 47.5 Å². The number of benzene rings is 1. The van der Waals surface area contributed by atoms with Gasteiger partial charge >= 0.3 is 12.0 Å². The second-order valence-corrected chi connectivity index (χ2v) is 7.19. The van der Waals surface area contributed by atoms with Crippen LogP contribution < -0.4 is 16.0 Å². The fourth-order valence-corrected chi connectivity index (χ4v) is 3.23. The Kier molecular flexibility index (Phi) is 9.57. The quantitative estimate of drug-likeness (QED) is 0.424. The summed E-state index contributed by atoms with van der Waals surface area (Å²) in [5.41, 5.74) is 2.08. The van der Waals surface area contributed by atoms with Crippen molar-refractivity contribution >= 4 is 23.8 Å². The molecular weight excluding hydrogens is 386 g/mol. The molecule has 8 heteroatoms. The Labute approximate surface area is 176 Å². The van der Waals surface area contributed by atoms with Gasteiger partial charge in [-0.2, -0.15) is 0 Å². The number of carbonyl (C=O) groups is 4. The van der Waals surface area contributed by atoms with Crippen molar-refractivity contribution in [2.45, 2.75) is 51.5 Å². The van der Waals surface area contributed by atoms with Gasteiger partial charge in [0.25, 0.3) is 5.91 Å². The number of rotatable bonds is 9. The molecule has 2 rings (SSSR count). The van der Waals surface area contributed by atoms with Crippen LogP contribution in [-0.4, -0.2) is 37.0 Å². The van der Waals surface area contributed by atoms with Crippen molar-refractivity contribution in [3.8, 4) is 0 Å². The molecule has 4 amide bonds. The van der Waals surface area contributed by atoms with Crippen LogP contribution in [0.5, 0.6) is 0 Å². The van der Waals surface area contributed by atoms with Gasteiger partial charge in [-0.05, 0) is 37.7 Å². The molecule has 3 N–H and O–H groups in total. The first-order valence-electron chi connectivity index (χ1n) is 10.2. The summed E-state index contributed by atoms with van der Waals surface area (Å²) < 4.78 is 4.95. The number of nitrogens with one attached hydrogen (secondary N) is 3. The maximum atomic E-state index is 12.1. The van der Waals surface area contributed by atoms with Gasteiger partial charge in [0.1, 0.15) is 0 Å². The first-order chi connectivity index (χ1) is 14.4. The number of imide groups is 1. The van der Waals surface area contributed by atoms with Crippen molar-refractivity contribution in [1.82, 2.24) is 16.0 Å². The predicted octanol–water partition coefficient (Wildman–Crippen LogP) is 2.51.